The van der Waals surface area contributed by atoms with E-state index in [0.29, 0.717) is 13.2 Å². The Labute approximate surface area is 240 Å². The van der Waals surface area contributed by atoms with Crippen molar-refractivity contribution in [1.29, 1.82) is 0 Å². The van der Waals surface area contributed by atoms with E-state index in [0.717, 1.165) is 0 Å². The first kappa shape index (κ1) is 38.8. The lowest BCUT2D eigenvalue weighted by Crippen LogP contribution is -2.43. The van der Waals surface area contributed by atoms with Crippen LogP contribution in [0.5, 0.6) is 0 Å². The average Bonchev–Trinajstić information content (AvgIpc) is 3.51. The van der Waals surface area contributed by atoms with Gasteiger partial charge in [-0.2, -0.15) is 0 Å². The van der Waals surface area contributed by atoms with Gasteiger partial charge in [-0.25, -0.2) is 0 Å². The van der Waals surface area contributed by atoms with Gasteiger partial charge in [-0.05, 0) is 0 Å². The molecule has 2 fully saturated rings. The topological polar surface area (TPSA) is 328 Å². The number of fused-ring (bicyclic) bond motifs is 1. The molecular formula is C17H31N5O21. The van der Waals surface area contributed by atoms with Crippen molar-refractivity contribution in [3.8, 4) is 0 Å². The van der Waals surface area contributed by atoms with Crippen LogP contribution in [0.15, 0.2) is 0 Å². The van der Waals surface area contributed by atoms with Crippen molar-refractivity contribution in [3.63, 3.8) is 0 Å². The summed E-state index contributed by atoms with van der Waals surface area (Å²) in [5.41, 5.74) is -1.57. The predicted molar refractivity (Wildman–Crippen MR) is 126 cm³/mol. The maximum atomic E-state index is 10.1. The monoisotopic (exact) mass is 641 g/mol. The zero-order valence-corrected chi connectivity index (χ0v) is 22.9. The van der Waals surface area contributed by atoms with E-state index in [1.807, 2.05) is 0 Å². The second kappa shape index (κ2) is 20.6. The second-order valence-corrected chi connectivity index (χ2v) is 8.29. The van der Waals surface area contributed by atoms with Crippen LogP contribution in [-0.2, 0) is 47.9 Å². The van der Waals surface area contributed by atoms with Crippen LogP contribution in [0.3, 0.4) is 0 Å². The van der Waals surface area contributed by atoms with Crippen LogP contribution in [0, 0.1) is 56.0 Å². The highest BCUT2D eigenvalue weighted by atomic mass is 17.0. The van der Waals surface area contributed by atoms with Crippen molar-refractivity contribution in [2.24, 2.45) is 5.41 Å². The number of methoxy groups -OCH3 is 3. The van der Waals surface area contributed by atoms with Gasteiger partial charge >= 0.3 is 0 Å². The second-order valence-electron chi connectivity index (χ2n) is 8.29. The zero-order valence-electron chi connectivity index (χ0n) is 22.9. The van der Waals surface area contributed by atoms with E-state index in [2.05, 4.69) is 28.9 Å². The molecule has 5 unspecified atom stereocenters. The molecular weight excluding hydrogens is 610 g/mol. The largest absolute Gasteiger partial charge is 0.388 e. The number of hydrogen-bond donors (Lipinski definition) is 1. The Balaban J connectivity index is 0.000000640. The van der Waals surface area contributed by atoms with Crippen molar-refractivity contribution in [3.05, 3.63) is 50.6 Å². The van der Waals surface area contributed by atoms with Crippen molar-refractivity contribution in [1.82, 2.24) is 0 Å². The Morgan fingerprint density at radius 1 is 0.698 bits per heavy atom. The summed E-state index contributed by atoms with van der Waals surface area (Å²) in [5.74, 6) is 0. The van der Waals surface area contributed by atoms with Crippen LogP contribution in [0.25, 0.3) is 0 Å². The highest BCUT2D eigenvalue weighted by Crippen LogP contribution is 2.28. The van der Waals surface area contributed by atoms with Gasteiger partial charge in [0.15, 0.2) is 6.10 Å². The molecule has 2 rings (SSSR count). The molecule has 43 heavy (non-hydrogen) atoms. The fraction of sp³-hybridized carbons (Fsp3) is 1.00. The molecule has 0 amide bonds. The lowest BCUT2D eigenvalue weighted by atomic mass is 9.92. The van der Waals surface area contributed by atoms with Crippen molar-refractivity contribution in [2.75, 3.05) is 74.2 Å². The van der Waals surface area contributed by atoms with Gasteiger partial charge in [0.2, 0.25) is 0 Å². The fourth-order valence-corrected chi connectivity index (χ4v) is 3.33. The van der Waals surface area contributed by atoms with Crippen LogP contribution in [-0.4, -0.2) is 135 Å². The Hall–Kier alpha value is -4.24. The van der Waals surface area contributed by atoms with Crippen LogP contribution in [0.1, 0.15) is 0 Å². The molecule has 0 bridgehead atoms. The summed E-state index contributed by atoms with van der Waals surface area (Å²) < 4.78 is 24.9. The Morgan fingerprint density at radius 2 is 1.19 bits per heavy atom. The Morgan fingerprint density at radius 3 is 1.58 bits per heavy atom. The highest BCUT2D eigenvalue weighted by molar-refractivity contribution is 4.94. The van der Waals surface area contributed by atoms with Crippen LogP contribution < -0.4 is 0 Å². The molecule has 26 nitrogen and oxygen atoms in total. The number of nitrogens with zero attached hydrogens (tertiary/aromatic N) is 5. The Kier molecular flexibility index (Phi) is 18.6. The van der Waals surface area contributed by atoms with Gasteiger partial charge in [0.25, 0.3) is 25.4 Å². The molecule has 2 saturated heterocycles. The molecule has 0 spiro atoms. The third kappa shape index (κ3) is 16.7. The molecule has 2 aliphatic rings. The predicted octanol–water partition coefficient (Wildman–Crippen LogP) is -2.18. The van der Waals surface area contributed by atoms with Gasteiger partial charge in [0, 0.05) is 21.3 Å². The molecule has 2 heterocycles. The van der Waals surface area contributed by atoms with Gasteiger partial charge in [-0.1, -0.05) is 0 Å². The maximum absolute atomic E-state index is 10.1. The standard InChI is InChI=1S/C7H12O4.C6H11N3O10.C4H8N2O7/c1-9-5-3-11-6-4(8)2-10-7(5)6;1-16-2-6(3-17-7(10)11,4-18-8(12)13)5-19-9(14)15;1-11-2-4(13-6(9)10)3-12-5(7)8/h4-8H,2-3H2,1H3;2-5H2,1H3;4H,2-3H2,1H3. The highest BCUT2D eigenvalue weighted by Gasteiger charge is 2.47. The van der Waals surface area contributed by atoms with Crippen LogP contribution in [0.4, 0.5) is 0 Å². The lowest BCUT2D eigenvalue weighted by molar-refractivity contribution is -0.790. The van der Waals surface area contributed by atoms with Crippen LogP contribution >= 0.6 is 0 Å². The molecule has 250 valence electrons. The molecule has 0 aromatic rings. The van der Waals surface area contributed by atoms with Gasteiger partial charge < -0.3 is 53.0 Å². The first-order valence-electron chi connectivity index (χ1n) is 11.5. The van der Waals surface area contributed by atoms with E-state index >= 15 is 0 Å². The average molecular weight is 641 g/mol. The minimum atomic E-state index is -1.57. The molecule has 0 aromatic heterocycles. The first-order chi connectivity index (χ1) is 20.2. The van der Waals surface area contributed by atoms with E-state index in [1.165, 1.54) is 14.2 Å². The summed E-state index contributed by atoms with van der Waals surface area (Å²) in [6.45, 7) is -2.32. The summed E-state index contributed by atoms with van der Waals surface area (Å²) in [6, 6.07) is 0. The molecule has 0 aromatic carbocycles. The van der Waals surface area contributed by atoms with Gasteiger partial charge in [0.1, 0.15) is 50.8 Å². The summed E-state index contributed by atoms with van der Waals surface area (Å²) in [6.07, 6.45) is -1.79. The summed E-state index contributed by atoms with van der Waals surface area (Å²) in [7, 11) is 4.10. The van der Waals surface area contributed by atoms with Crippen molar-refractivity contribution in [2.45, 2.75) is 30.5 Å². The fourth-order valence-electron chi connectivity index (χ4n) is 3.33. The van der Waals surface area contributed by atoms with E-state index < -0.39 is 69.5 Å². The SMILES string of the molecule is COC1COC2C(O)COC12.COCC(CO[N+](=O)[O-])(CO[N+](=O)[O-])CO[N+](=O)[O-].COCC(CO[N+](=O)[O-])O[N+](=O)[O-]. The molecule has 26 heteroatoms. The number of aliphatic hydroxyl groups is 1. The third-order valence-electron chi connectivity index (χ3n) is 5.12. The molecule has 2 aliphatic heterocycles. The molecule has 0 aliphatic carbocycles. The van der Waals surface area contributed by atoms with Gasteiger partial charge in [0.05, 0.1) is 31.8 Å². The Bertz CT molecular complexity index is 835. The van der Waals surface area contributed by atoms with Crippen molar-refractivity contribution < 1.29 is 78.4 Å². The minimum absolute atomic E-state index is 0.00264. The van der Waals surface area contributed by atoms with Crippen LogP contribution in [0.2, 0.25) is 0 Å². The number of hydrogen-bond acceptors (Lipinski definition) is 21. The van der Waals surface area contributed by atoms with E-state index in [9.17, 15) is 55.7 Å². The molecule has 1 N–H and O–H groups in total. The van der Waals surface area contributed by atoms with Gasteiger partial charge in [-0.3, -0.25) is 0 Å². The van der Waals surface area contributed by atoms with Crippen molar-refractivity contribution >= 4 is 0 Å². The number of ether oxygens (including phenoxy) is 5. The quantitative estimate of drug-likeness (QED) is 0.116. The van der Waals surface area contributed by atoms with E-state index in [4.69, 9.17) is 18.9 Å². The lowest BCUT2D eigenvalue weighted by Gasteiger charge is -2.29. The summed E-state index contributed by atoms with van der Waals surface area (Å²) in [5, 5.41) is 53.6. The molecule has 0 saturated carbocycles. The minimum Gasteiger partial charge on any atom is -0.388 e. The van der Waals surface area contributed by atoms with E-state index in [-0.39, 0.29) is 31.5 Å². The number of rotatable bonds is 19. The summed E-state index contributed by atoms with van der Waals surface area (Å²) in [4.78, 5) is 70.0. The summed E-state index contributed by atoms with van der Waals surface area (Å²) >= 11 is 0. The zero-order chi connectivity index (χ0) is 33.0. The first-order valence-corrected chi connectivity index (χ1v) is 11.5. The van der Waals surface area contributed by atoms with E-state index in [1.54, 1.807) is 7.11 Å². The molecule has 5 atom stereocenters. The third-order valence-corrected chi connectivity index (χ3v) is 5.12. The molecule has 0 radical (unpaired) electrons. The maximum Gasteiger partial charge on any atom is 0.294 e. The number of aliphatic hydroxyl groups excluding tert-OH is 1. The smallest absolute Gasteiger partial charge is 0.294 e. The normalized spacial score (nSPS) is 20.9. The van der Waals surface area contributed by atoms with Gasteiger partial charge in [-0.15, -0.1) is 50.6 Å².